The van der Waals surface area contributed by atoms with Crippen molar-refractivity contribution in [3.05, 3.63) is 83.0 Å². The van der Waals surface area contributed by atoms with E-state index in [0.29, 0.717) is 17.3 Å². The normalized spacial score (nSPS) is 16.7. The molecule has 5 heteroatoms. The smallest absolute Gasteiger partial charge is 0.256 e. The fraction of sp³-hybridized carbons (Fsp3) is 0.304. The molecule has 144 valence electrons. The number of hydrogen-bond donors (Lipinski definition) is 2. The fourth-order valence-corrected chi connectivity index (χ4v) is 3.79. The number of nitrogens with one attached hydrogen (secondary N) is 2. The first-order valence-electron chi connectivity index (χ1n) is 9.88. The quantitative estimate of drug-likeness (QED) is 0.715. The molecule has 1 saturated heterocycles. The maximum atomic E-state index is 12.8. The van der Waals surface area contributed by atoms with Crippen molar-refractivity contribution in [3.8, 4) is 0 Å². The summed E-state index contributed by atoms with van der Waals surface area (Å²) in [6.45, 7) is 2.07. The van der Waals surface area contributed by atoms with Crippen LogP contribution >= 0.6 is 0 Å². The van der Waals surface area contributed by atoms with Crippen LogP contribution in [0.15, 0.2) is 60.7 Å². The highest BCUT2D eigenvalue weighted by molar-refractivity contribution is 6.04. The molecule has 0 radical (unpaired) electrons. The van der Waals surface area contributed by atoms with Crippen LogP contribution in [0.1, 0.15) is 45.9 Å². The molecule has 1 aliphatic rings. The third kappa shape index (κ3) is 4.31. The van der Waals surface area contributed by atoms with Crippen molar-refractivity contribution in [2.45, 2.75) is 25.2 Å². The van der Waals surface area contributed by atoms with Crippen molar-refractivity contribution >= 4 is 11.7 Å². The summed E-state index contributed by atoms with van der Waals surface area (Å²) in [6, 6.07) is 20.2. The Balaban J connectivity index is 1.46. The van der Waals surface area contributed by atoms with E-state index < -0.39 is 0 Å². The Labute approximate surface area is 165 Å². The number of nitrogens with zero attached hydrogens (tertiary/aromatic N) is 2. The van der Waals surface area contributed by atoms with Gasteiger partial charge in [0.2, 0.25) is 0 Å². The lowest BCUT2D eigenvalue weighted by Gasteiger charge is -2.23. The van der Waals surface area contributed by atoms with Crippen LogP contribution in [0.3, 0.4) is 0 Å². The summed E-state index contributed by atoms with van der Waals surface area (Å²) >= 11 is 0. The average molecular weight is 374 g/mol. The highest BCUT2D eigenvalue weighted by Crippen LogP contribution is 2.24. The Hall–Kier alpha value is -2.92. The minimum Gasteiger partial charge on any atom is -0.316 e. The van der Waals surface area contributed by atoms with E-state index in [1.54, 1.807) is 4.68 Å². The number of rotatable bonds is 5. The lowest BCUT2D eigenvalue weighted by molar-refractivity contribution is 0.102. The van der Waals surface area contributed by atoms with E-state index >= 15 is 0 Å². The van der Waals surface area contributed by atoms with Crippen LogP contribution in [0.4, 0.5) is 5.82 Å². The number of amides is 1. The maximum absolute atomic E-state index is 12.8. The Morgan fingerprint density at radius 3 is 2.82 bits per heavy atom. The molecule has 1 aromatic heterocycles. The van der Waals surface area contributed by atoms with E-state index in [1.807, 2.05) is 49.5 Å². The average Bonchev–Trinajstić information content (AvgIpc) is 3.08. The largest absolute Gasteiger partial charge is 0.316 e. The zero-order chi connectivity index (χ0) is 19.3. The van der Waals surface area contributed by atoms with Crippen molar-refractivity contribution in [1.29, 1.82) is 0 Å². The molecule has 3 aromatic rings. The van der Waals surface area contributed by atoms with Gasteiger partial charge in [0.05, 0.1) is 5.69 Å². The Morgan fingerprint density at radius 2 is 2.04 bits per heavy atom. The third-order valence-electron chi connectivity index (χ3n) is 5.32. The van der Waals surface area contributed by atoms with E-state index in [4.69, 9.17) is 0 Å². The predicted octanol–water partition coefficient (Wildman–Crippen LogP) is 3.73. The maximum Gasteiger partial charge on any atom is 0.256 e. The van der Waals surface area contributed by atoms with Gasteiger partial charge in [-0.2, -0.15) is 5.10 Å². The summed E-state index contributed by atoms with van der Waals surface area (Å²) in [4.78, 5) is 12.8. The lowest BCUT2D eigenvalue weighted by atomic mass is 9.90. The van der Waals surface area contributed by atoms with Crippen LogP contribution in [0.25, 0.3) is 0 Å². The van der Waals surface area contributed by atoms with Gasteiger partial charge >= 0.3 is 0 Å². The van der Waals surface area contributed by atoms with Gasteiger partial charge in [0.25, 0.3) is 5.91 Å². The Morgan fingerprint density at radius 1 is 1.18 bits per heavy atom. The van der Waals surface area contributed by atoms with Crippen molar-refractivity contribution in [1.82, 2.24) is 15.1 Å². The third-order valence-corrected chi connectivity index (χ3v) is 5.32. The Kier molecular flexibility index (Phi) is 5.53. The molecular formula is C23H26N4O. The van der Waals surface area contributed by atoms with Crippen LogP contribution in [-0.4, -0.2) is 28.8 Å². The van der Waals surface area contributed by atoms with Crippen LogP contribution in [0.5, 0.6) is 0 Å². The van der Waals surface area contributed by atoms with Gasteiger partial charge in [0, 0.05) is 31.6 Å². The molecule has 2 heterocycles. The molecule has 1 amide bonds. The van der Waals surface area contributed by atoms with Crippen molar-refractivity contribution < 1.29 is 4.79 Å². The number of benzene rings is 2. The molecule has 2 aromatic carbocycles. The number of aromatic nitrogens is 2. The molecule has 28 heavy (non-hydrogen) atoms. The second-order valence-corrected chi connectivity index (χ2v) is 7.43. The topological polar surface area (TPSA) is 59.0 Å². The summed E-state index contributed by atoms with van der Waals surface area (Å²) in [5.41, 5.74) is 4.06. The van der Waals surface area contributed by atoms with Crippen LogP contribution < -0.4 is 10.6 Å². The highest BCUT2D eigenvalue weighted by atomic mass is 16.1. The number of hydrogen-bond acceptors (Lipinski definition) is 3. The first-order chi connectivity index (χ1) is 13.7. The number of carbonyl (C=O) groups excluding carboxylic acids is 1. The number of anilines is 1. The molecule has 0 bridgehead atoms. The van der Waals surface area contributed by atoms with Crippen LogP contribution in [-0.2, 0) is 13.5 Å². The van der Waals surface area contributed by atoms with E-state index in [1.165, 1.54) is 24.0 Å². The number of piperidine rings is 1. The number of aryl methyl sites for hydroxylation is 1. The first kappa shape index (κ1) is 18.4. The van der Waals surface area contributed by atoms with Gasteiger partial charge in [-0.3, -0.25) is 9.48 Å². The molecule has 1 fully saturated rings. The standard InChI is InChI=1S/C23H26N4O/c1-27-22(15-21(26-27)13-17-7-3-2-4-8-17)25-23(28)19-10-5-9-18(14-19)20-11-6-12-24-16-20/h2-5,7-10,14-15,20,24H,6,11-13,16H2,1H3,(H,25,28). The molecule has 1 unspecified atom stereocenters. The Bertz CT molecular complexity index is 942. The minimum atomic E-state index is -0.0973. The second kappa shape index (κ2) is 8.40. The van der Waals surface area contributed by atoms with E-state index in [9.17, 15) is 4.79 Å². The van der Waals surface area contributed by atoms with Gasteiger partial charge in [-0.15, -0.1) is 0 Å². The summed E-state index contributed by atoms with van der Waals surface area (Å²) in [5, 5.41) is 11.0. The van der Waals surface area contributed by atoms with Crippen molar-refractivity contribution in [3.63, 3.8) is 0 Å². The SMILES string of the molecule is Cn1nc(Cc2ccccc2)cc1NC(=O)c1cccc(C2CCCNC2)c1. The summed E-state index contributed by atoms with van der Waals surface area (Å²) in [7, 11) is 1.86. The van der Waals surface area contributed by atoms with Gasteiger partial charge in [0.15, 0.2) is 0 Å². The second-order valence-electron chi connectivity index (χ2n) is 7.43. The molecule has 1 atom stereocenters. The molecule has 2 N–H and O–H groups in total. The molecule has 1 aliphatic heterocycles. The van der Waals surface area contributed by atoms with Crippen molar-refractivity contribution in [2.75, 3.05) is 18.4 Å². The molecule has 0 saturated carbocycles. The summed E-state index contributed by atoms with van der Waals surface area (Å²) < 4.78 is 1.73. The molecule has 4 rings (SSSR count). The lowest BCUT2D eigenvalue weighted by Crippen LogP contribution is -2.28. The monoisotopic (exact) mass is 374 g/mol. The minimum absolute atomic E-state index is 0.0973. The predicted molar refractivity (Wildman–Crippen MR) is 112 cm³/mol. The van der Waals surface area contributed by atoms with E-state index in [2.05, 4.69) is 33.9 Å². The molecule has 5 nitrogen and oxygen atoms in total. The van der Waals surface area contributed by atoms with Gasteiger partial charge in [0.1, 0.15) is 5.82 Å². The summed E-state index contributed by atoms with van der Waals surface area (Å²) in [6.07, 6.45) is 3.09. The fourth-order valence-electron chi connectivity index (χ4n) is 3.79. The van der Waals surface area contributed by atoms with E-state index in [0.717, 1.165) is 25.2 Å². The summed E-state index contributed by atoms with van der Waals surface area (Å²) in [5.74, 6) is 1.09. The number of carbonyl (C=O) groups is 1. The van der Waals surface area contributed by atoms with Crippen molar-refractivity contribution in [2.24, 2.45) is 7.05 Å². The van der Waals surface area contributed by atoms with Crippen LogP contribution in [0, 0.1) is 0 Å². The van der Waals surface area contributed by atoms with Gasteiger partial charge in [-0.05, 0) is 48.6 Å². The highest BCUT2D eigenvalue weighted by Gasteiger charge is 2.17. The van der Waals surface area contributed by atoms with Crippen LogP contribution in [0.2, 0.25) is 0 Å². The zero-order valence-electron chi connectivity index (χ0n) is 16.2. The van der Waals surface area contributed by atoms with Gasteiger partial charge < -0.3 is 10.6 Å². The molecule has 0 aliphatic carbocycles. The van der Waals surface area contributed by atoms with E-state index in [-0.39, 0.29) is 5.91 Å². The molecular weight excluding hydrogens is 348 g/mol. The molecule has 0 spiro atoms. The van der Waals surface area contributed by atoms with Gasteiger partial charge in [-0.25, -0.2) is 0 Å². The zero-order valence-corrected chi connectivity index (χ0v) is 16.2. The van der Waals surface area contributed by atoms with Gasteiger partial charge in [-0.1, -0.05) is 42.5 Å². The first-order valence-corrected chi connectivity index (χ1v) is 9.88.